The minimum absolute atomic E-state index is 0.145. The molecule has 23 heavy (non-hydrogen) atoms. The average Bonchev–Trinajstić information content (AvgIpc) is 2.91. The number of oxazole rings is 1. The SMILES string of the molecule is CCCCCc1oc(-c2ccc(Cl)cc2)nc1CC(=O)OCC. The van der Waals surface area contributed by atoms with Gasteiger partial charge in [0.05, 0.1) is 18.7 Å². The fraction of sp³-hybridized carbons (Fsp3) is 0.444. The Labute approximate surface area is 141 Å². The molecule has 0 N–H and O–H groups in total. The number of nitrogens with zero attached hydrogens (tertiary/aromatic N) is 1. The Balaban J connectivity index is 2.22. The number of benzene rings is 1. The first kappa shape index (κ1) is 17.5. The number of hydrogen-bond donors (Lipinski definition) is 0. The number of aryl methyl sites for hydroxylation is 1. The monoisotopic (exact) mass is 335 g/mol. The fourth-order valence-corrected chi connectivity index (χ4v) is 2.44. The van der Waals surface area contributed by atoms with Gasteiger partial charge < -0.3 is 9.15 Å². The molecule has 5 heteroatoms. The van der Waals surface area contributed by atoms with Crippen LogP contribution in [0, 0.1) is 0 Å². The van der Waals surface area contributed by atoms with Crippen LogP contribution in [0.25, 0.3) is 11.5 Å². The summed E-state index contributed by atoms with van der Waals surface area (Å²) >= 11 is 5.91. The Morgan fingerprint density at radius 2 is 1.96 bits per heavy atom. The first-order valence-corrected chi connectivity index (χ1v) is 8.42. The highest BCUT2D eigenvalue weighted by atomic mass is 35.5. The van der Waals surface area contributed by atoms with Crippen LogP contribution in [0.4, 0.5) is 0 Å². The first-order valence-electron chi connectivity index (χ1n) is 8.04. The Kier molecular flexibility index (Phi) is 6.66. The number of rotatable bonds is 8. The smallest absolute Gasteiger partial charge is 0.311 e. The maximum atomic E-state index is 11.8. The van der Waals surface area contributed by atoms with Crippen LogP contribution in [0.1, 0.15) is 44.6 Å². The number of hydrogen-bond acceptors (Lipinski definition) is 4. The molecule has 0 fully saturated rings. The first-order chi connectivity index (χ1) is 11.1. The second kappa shape index (κ2) is 8.73. The van der Waals surface area contributed by atoms with Crippen molar-refractivity contribution in [1.82, 2.24) is 4.98 Å². The van der Waals surface area contributed by atoms with Crippen molar-refractivity contribution in [2.24, 2.45) is 0 Å². The lowest BCUT2D eigenvalue weighted by Crippen LogP contribution is -2.09. The van der Waals surface area contributed by atoms with Gasteiger partial charge in [0, 0.05) is 17.0 Å². The van der Waals surface area contributed by atoms with E-state index in [1.165, 1.54) is 0 Å². The molecule has 1 heterocycles. The van der Waals surface area contributed by atoms with Gasteiger partial charge in [-0.15, -0.1) is 0 Å². The lowest BCUT2D eigenvalue weighted by molar-refractivity contribution is -0.142. The van der Waals surface area contributed by atoms with Gasteiger partial charge in [0.2, 0.25) is 5.89 Å². The number of esters is 1. The van der Waals surface area contributed by atoms with E-state index in [1.807, 2.05) is 12.1 Å². The Hall–Kier alpha value is -1.81. The largest absolute Gasteiger partial charge is 0.466 e. The predicted molar refractivity (Wildman–Crippen MR) is 90.5 cm³/mol. The van der Waals surface area contributed by atoms with E-state index in [0.29, 0.717) is 23.2 Å². The highest BCUT2D eigenvalue weighted by Gasteiger charge is 2.17. The molecule has 0 spiro atoms. The Morgan fingerprint density at radius 3 is 2.61 bits per heavy atom. The van der Waals surface area contributed by atoms with Gasteiger partial charge in [-0.05, 0) is 37.6 Å². The molecule has 0 unspecified atom stereocenters. The van der Waals surface area contributed by atoms with Gasteiger partial charge >= 0.3 is 5.97 Å². The molecule has 2 rings (SSSR count). The summed E-state index contributed by atoms with van der Waals surface area (Å²) in [6.45, 7) is 4.31. The van der Waals surface area contributed by atoms with Gasteiger partial charge in [0.25, 0.3) is 0 Å². The van der Waals surface area contributed by atoms with Crippen molar-refractivity contribution in [3.05, 3.63) is 40.7 Å². The summed E-state index contributed by atoms with van der Waals surface area (Å²) in [5.74, 6) is 1.02. The molecular formula is C18H22ClNO3. The molecule has 1 aromatic carbocycles. The van der Waals surface area contributed by atoms with E-state index in [0.717, 1.165) is 37.0 Å². The van der Waals surface area contributed by atoms with E-state index in [-0.39, 0.29) is 12.4 Å². The summed E-state index contributed by atoms with van der Waals surface area (Å²) in [7, 11) is 0. The number of carbonyl (C=O) groups is 1. The van der Waals surface area contributed by atoms with Crippen LogP contribution in [0.2, 0.25) is 5.02 Å². The highest BCUT2D eigenvalue weighted by Crippen LogP contribution is 2.25. The van der Waals surface area contributed by atoms with Gasteiger partial charge in [0.15, 0.2) is 0 Å². The molecule has 0 aliphatic carbocycles. The molecule has 1 aromatic heterocycles. The van der Waals surface area contributed by atoms with Crippen molar-refractivity contribution >= 4 is 17.6 Å². The number of unbranched alkanes of at least 4 members (excludes halogenated alkanes) is 2. The van der Waals surface area contributed by atoms with E-state index in [9.17, 15) is 4.79 Å². The molecule has 0 atom stereocenters. The van der Waals surface area contributed by atoms with Gasteiger partial charge in [-0.2, -0.15) is 0 Å². The Morgan fingerprint density at radius 1 is 1.22 bits per heavy atom. The minimum Gasteiger partial charge on any atom is -0.466 e. The summed E-state index contributed by atoms with van der Waals surface area (Å²) in [6.07, 6.45) is 4.19. The molecule has 2 aromatic rings. The normalized spacial score (nSPS) is 10.7. The number of halogens is 1. The molecule has 0 bridgehead atoms. The molecule has 0 saturated heterocycles. The third kappa shape index (κ3) is 5.10. The predicted octanol–water partition coefficient (Wildman–Crippen LogP) is 4.83. The minimum atomic E-state index is -0.278. The molecule has 0 aliphatic heterocycles. The summed E-state index contributed by atoms with van der Waals surface area (Å²) < 4.78 is 10.9. The van der Waals surface area contributed by atoms with Gasteiger partial charge in [0.1, 0.15) is 5.76 Å². The summed E-state index contributed by atoms with van der Waals surface area (Å²) in [5, 5.41) is 0.662. The number of aromatic nitrogens is 1. The molecular weight excluding hydrogens is 314 g/mol. The maximum absolute atomic E-state index is 11.8. The zero-order valence-corrected chi connectivity index (χ0v) is 14.4. The van der Waals surface area contributed by atoms with Crippen LogP contribution in [0.3, 0.4) is 0 Å². The quantitative estimate of drug-likeness (QED) is 0.512. The van der Waals surface area contributed by atoms with E-state index in [4.69, 9.17) is 20.8 Å². The molecule has 0 aliphatic rings. The van der Waals surface area contributed by atoms with Crippen molar-refractivity contribution < 1.29 is 13.9 Å². The second-order valence-corrected chi connectivity index (χ2v) is 5.77. The molecule has 124 valence electrons. The van der Waals surface area contributed by atoms with E-state index >= 15 is 0 Å². The average molecular weight is 336 g/mol. The standard InChI is InChI=1S/C18H22ClNO3/c1-3-5-6-7-16-15(12-17(21)22-4-2)20-18(23-16)13-8-10-14(19)11-9-13/h8-11H,3-7,12H2,1-2H3. The zero-order valence-electron chi connectivity index (χ0n) is 13.6. The van der Waals surface area contributed by atoms with Crippen molar-refractivity contribution in [3.63, 3.8) is 0 Å². The molecule has 4 nitrogen and oxygen atoms in total. The number of carbonyl (C=O) groups excluding carboxylic acids is 1. The van der Waals surface area contributed by atoms with Crippen LogP contribution in [0.5, 0.6) is 0 Å². The topological polar surface area (TPSA) is 52.3 Å². The third-order valence-corrected chi connectivity index (χ3v) is 3.75. The highest BCUT2D eigenvalue weighted by molar-refractivity contribution is 6.30. The van der Waals surface area contributed by atoms with E-state index in [1.54, 1.807) is 19.1 Å². The van der Waals surface area contributed by atoms with Gasteiger partial charge in [-0.3, -0.25) is 4.79 Å². The fourth-order valence-electron chi connectivity index (χ4n) is 2.32. The summed E-state index contributed by atoms with van der Waals surface area (Å²) in [6, 6.07) is 7.31. The maximum Gasteiger partial charge on any atom is 0.311 e. The van der Waals surface area contributed by atoms with Crippen molar-refractivity contribution in [1.29, 1.82) is 0 Å². The van der Waals surface area contributed by atoms with E-state index in [2.05, 4.69) is 11.9 Å². The molecule has 0 radical (unpaired) electrons. The van der Waals surface area contributed by atoms with Crippen molar-refractivity contribution in [3.8, 4) is 11.5 Å². The number of ether oxygens (including phenoxy) is 1. The molecule has 0 amide bonds. The van der Waals surface area contributed by atoms with E-state index < -0.39 is 0 Å². The van der Waals surface area contributed by atoms with Gasteiger partial charge in [-0.1, -0.05) is 31.4 Å². The lowest BCUT2D eigenvalue weighted by Gasteiger charge is -2.01. The zero-order chi connectivity index (χ0) is 16.7. The summed E-state index contributed by atoms with van der Waals surface area (Å²) in [4.78, 5) is 16.3. The van der Waals surface area contributed by atoms with Crippen LogP contribution >= 0.6 is 11.6 Å². The van der Waals surface area contributed by atoms with Crippen molar-refractivity contribution in [2.45, 2.75) is 46.0 Å². The lowest BCUT2D eigenvalue weighted by atomic mass is 10.1. The van der Waals surface area contributed by atoms with Crippen molar-refractivity contribution in [2.75, 3.05) is 6.61 Å². The van der Waals surface area contributed by atoms with Crippen LogP contribution in [-0.4, -0.2) is 17.6 Å². The van der Waals surface area contributed by atoms with Crippen LogP contribution in [-0.2, 0) is 22.4 Å². The summed E-state index contributed by atoms with van der Waals surface area (Å²) in [5.41, 5.74) is 1.52. The third-order valence-electron chi connectivity index (χ3n) is 3.49. The molecule has 0 saturated carbocycles. The second-order valence-electron chi connectivity index (χ2n) is 5.33. The van der Waals surface area contributed by atoms with Crippen LogP contribution in [0.15, 0.2) is 28.7 Å². The van der Waals surface area contributed by atoms with Gasteiger partial charge in [-0.25, -0.2) is 4.98 Å². The Bertz CT molecular complexity index is 634. The van der Waals surface area contributed by atoms with Crippen LogP contribution < -0.4 is 0 Å².